The molecule has 4 heterocycles. The first-order chi connectivity index (χ1) is 29.4. The van der Waals surface area contributed by atoms with Crippen LogP contribution in [0.15, 0.2) is 77.7 Å². The topological polar surface area (TPSA) is 170 Å². The Balaban J connectivity index is 0.000000238. The largest absolute Gasteiger partial charge is 0.591 e. The molecule has 0 bridgehead atoms. The standard InChI is InChI=1S/C24H32FN5O3S.C20H23FN4O3/c1-5-6-15-33-23(31)30-13-11-29(12-14-30)22-26-16-19(17-27-22)21(28-34(32)24(2,3)4)18-7-9-20(25)10-8-18;1-20(2,3)28-19(27)25-10-8-24(9-11-25)18-22-12-15(13-23-18)17(26)14-4-6-16(21)7-5-14/h7-10,16-17H,5-6,11-15H2,1-4H3;4-7,12-13H,8-11H2,1-3H3/b28-21-;/t34-;/m0./s1. The number of hydrogen-bond acceptors (Lipinski definition) is 13. The molecular formula is C44H55F2N9O6S. The summed E-state index contributed by atoms with van der Waals surface area (Å²) in [5, 5.41) is 0. The highest BCUT2D eigenvalue weighted by atomic mass is 32.2. The molecule has 2 aromatic heterocycles. The van der Waals surface area contributed by atoms with Crippen LogP contribution in [0.2, 0.25) is 0 Å². The lowest BCUT2D eigenvalue weighted by Gasteiger charge is -2.35. The third kappa shape index (κ3) is 13.6. The van der Waals surface area contributed by atoms with Crippen molar-refractivity contribution in [1.82, 2.24) is 29.7 Å². The zero-order chi connectivity index (χ0) is 45.0. The molecule has 0 saturated carbocycles. The molecule has 332 valence electrons. The highest BCUT2D eigenvalue weighted by molar-refractivity contribution is 7.91. The van der Waals surface area contributed by atoms with E-state index in [1.54, 1.807) is 34.3 Å². The van der Waals surface area contributed by atoms with Crippen LogP contribution in [0, 0.1) is 11.6 Å². The molecule has 0 aliphatic carbocycles. The Morgan fingerprint density at radius 3 is 1.53 bits per heavy atom. The number of ketones is 1. The van der Waals surface area contributed by atoms with Crippen molar-refractivity contribution in [3.05, 3.63) is 107 Å². The zero-order valence-corrected chi connectivity index (χ0v) is 37.2. The number of carbonyl (C=O) groups is 3. The number of piperazine rings is 2. The number of ether oxygens (including phenoxy) is 2. The van der Waals surface area contributed by atoms with Gasteiger partial charge in [0.2, 0.25) is 11.9 Å². The third-order valence-corrected chi connectivity index (χ3v) is 10.9. The summed E-state index contributed by atoms with van der Waals surface area (Å²) in [4.78, 5) is 61.5. The Kier molecular flexibility index (Phi) is 16.3. The van der Waals surface area contributed by atoms with Crippen molar-refractivity contribution in [2.45, 2.75) is 71.7 Å². The van der Waals surface area contributed by atoms with Crippen molar-refractivity contribution in [3.63, 3.8) is 0 Å². The summed E-state index contributed by atoms with van der Waals surface area (Å²) in [6.07, 6.45) is 7.44. The van der Waals surface area contributed by atoms with Gasteiger partial charge in [-0.2, -0.15) is 0 Å². The normalized spacial score (nSPS) is 15.4. The van der Waals surface area contributed by atoms with Crippen LogP contribution in [-0.2, 0) is 20.8 Å². The molecule has 2 fully saturated rings. The van der Waals surface area contributed by atoms with Gasteiger partial charge in [-0.05, 0) is 96.5 Å². The quantitative estimate of drug-likeness (QED) is 0.0702. The minimum atomic E-state index is -1.52. The van der Waals surface area contributed by atoms with E-state index < -0.39 is 27.5 Å². The van der Waals surface area contributed by atoms with E-state index in [2.05, 4.69) is 31.3 Å². The molecule has 2 amide bonds. The summed E-state index contributed by atoms with van der Waals surface area (Å²) in [6.45, 7) is 17.9. The third-order valence-electron chi connectivity index (χ3n) is 9.49. The second-order valence-corrected chi connectivity index (χ2v) is 18.5. The molecule has 15 nitrogen and oxygen atoms in total. The molecule has 0 radical (unpaired) electrons. The van der Waals surface area contributed by atoms with Gasteiger partial charge in [0.15, 0.2) is 5.78 Å². The Hall–Kier alpha value is -5.75. The molecule has 62 heavy (non-hydrogen) atoms. The summed E-state index contributed by atoms with van der Waals surface area (Å²) in [5.74, 6) is 0.0210. The average Bonchev–Trinajstić information content (AvgIpc) is 3.25. The van der Waals surface area contributed by atoms with Crippen molar-refractivity contribution in [2.75, 3.05) is 68.8 Å². The molecule has 2 aliphatic heterocycles. The van der Waals surface area contributed by atoms with Gasteiger partial charge in [0.1, 0.15) is 39.1 Å². The van der Waals surface area contributed by atoms with E-state index in [0.717, 1.165) is 12.8 Å². The minimum Gasteiger partial charge on any atom is -0.591 e. The second-order valence-electron chi connectivity index (χ2n) is 16.6. The summed E-state index contributed by atoms with van der Waals surface area (Å²) < 4.78 is 53.7. The Bertz CT molecular complexity index is 2120. The number of aromatic nitrogens is 4. The van der Waals surface area contributed by atoms with Crippen molar-refractivity contribution in [2.24, 2.45) is 4.40 Å². The molecule has 6 rings (SSSR count). The van der Waals surface area contributed by atoms with E-state index >= 15 is 0 Å². The van der Waals surface area contributed by atoms with Gasteiger partial charge in [-0.25, -0.2) is 38.3 Å². The Morgan fingerprint density at radius 1 is 0.661 bits per heavy atom. The maximum atomic E-state index is 13.5. The SMILES string of the molecule is CC(C)(C)OC(=O)N1CCN(c2ncc(C(=O)c3ccc(F)cc3)cn2)CC1.CCCCOC(=O)N1CCN(c2ncc(/C(=N\[S@@+]([O-])C(C)(C)C)c3ccc(F)cc3)cn2)CC1. The van der Waals surface area contributed by atoms with Crippen LogP contribution in [0.4, 0.5) is 30.3 Å². The van der Waals surface area contributed by atoms with Gasteiger partial charge in [0.05, 0.1) is 12.2 Å². The number of hydrogen-bond donors (Lipinski definition) is 0. The maximum absolute atomic E-state index is 13.5. The Morgan fingerprint density at radius 2 is 1.10 bits per heavy atom. The van der Waals surface area contributed by atoms with Gasteiger partial charge in [-0.1, -0.05) is 17.7 Å². The lowest BCUT2D eigenvalue weighted by Crippen LogP contribution is -2.50. The summed E-state index contributed by atoms with van der Waals surface area (Å²) >= 11 is -1.52. The summed E-state index contributed by atoms with van der Waals surface area (Å²) in [5.41, 5.74) is 1.85. The minimum absolute atomic E-state index is 0.263. The van der Waals surface area contributed by atoms with E-state index in [1.807, 2.05) is 51.3 Å². The van der Waals surface area contributed by atoms with E-state index in [4.69, 9.17) is 9.47 Å². The van der Waals surface area contributed by atoms with Crippen LogP contribution in [0.25, 0.3) is 0 Å². The molecule has 0 N–H and O–H groups in total. The first kappa shape index (κ1) is 47.3. The van der Waals surface area contributed by atoms with Gasteiger partial charge in [0, 0.05) is 93.8 Å². The number of unbranched alkanes of at least 4 members (excludes halogenated alkanes) is 1. The zero-order valence-electron chi connectivity index (χ0n) is 36.3. The lowest BCUT2D eigenvalue weighted by atomic mass is 10.1. The number of amides is 2. The Labute approximate surface area is 364 Å². The lowest BCUT2D eigenvalue weighted by molar-refractivity contribution is 0.0239. The smallest absolute Gasteiger partial charge is 0.410 e. The molecule has 1 atom stereocenters. The molecular weight excluding hydrogens is 821 g/mol. The molecule has 0 unspecified atom stereocenters. The highest BCUT2D eigenvalue weighted by Crippen LogP contribution is 2.22. The van der Waals surface area contributed by atoms with Crippen molar-refractivity contribution in [3.8, 4) is 0 Å². The fourth-order valence-corrected chi connectivity index (χ4v) is 6.63. The second kappa shape index (κ2) is 21.4. The van der Waals surface area contributed by atoms with Crippen molar-refractivity contribution < 1.29 is 37.2 Å². The van der Waals surface area contributed by atoms with E-state index in [9.17, 15) is 27.7 Å². The molecule has 0 spiro atoms. The van der Waals surface area contributed by atoms with Crippen LogP contribution < -0.4 is 9.80 Å². The number of rotatable bonds is 10. The van der Waals surface area contributed by atoms with Gasteiger partial charge in [0.25, 0.3) is 0 Å². The highest BCUT2D eigenvalue weighted by Gasteiger charge is 2.30. The molecule has 18 heteroatoms. The first-order valence-corrected chi connectivity index (χ1v) is 21.6. The number of benzene rings is 2. The number of carbonyl (C=O) groups excluding carboxylic acids is 3. The predicted octanol–water partition coefficient (Wildman–Crippen LogP) is 6.88. The maximum Gasteiger partial charge on any atom is 0.410 e. The van der Waals surface area contributed by atoms with E-state index in [1.165, 1.54) is 48.8 Å². The number of anilines is 2. The van der Waals surface area contributed by atoms with Gasteiger partial charge < -0.3 is 33.6 Å². The van der Waals surface area contributed by atoms with Crippen LogP contribution in [0.5, 0.6) is 0 Å². The summed E-state index contributed by atoms with van der Waals surface area (Å²) in [6, 6.07) is 11.2. The van der Waals surface area contributed by atoms with Gasteiger partial charge in [-0.3, -0.25) is 4.79 Å². The predicted molar refractivity (Wildman–Crippen MR) is 234 cm³/mol. The molecule has 2 saturated heterocycles. The van der Waals surface area contributed by atoms with E-state index in [-0.39, 0.29) is 23.8 Å². The van der Waals surface area contributed by atoms with Crippen LogP contribution >= 0.6 is 0 Å². The molecule has 2 aromatic carbocycles. The number of nitrogens with zero attached hydrogens (tertiary/aromatic N) is 9. The van der Waals surface area contributed by atoms with Crippen LogP contribution in [0.1, 0.15) is 88.4 Å². The average molecular weight is 876 g/mol. The van der Waals surface area contributed by atoms with Crippen LogP contribution in [-0.4, -0.2) is 127 Å². The van der Waals surface area contributed by atoms with Gasteiger partial charge in [-0.15, -0.1) is 0 Å². The van der Waals surface area contributed by atoms with Crippen LogP contribution in [0.3, 0.4) is 0 Å². The summed E-state index contributed by atoms with van der Waals surface area (Å²) in [7, 11) is 0. The molecule has 4 aromatic rings. The fraction of sp³-hybridized carbons (Fsp3) is 0.455. The number of halogens is 2. The first-order valence-electron chi connectivity index (χ1n) is 20.5. The van der Waals surface area contributed by atoms with Crippen molar-refractivity contribution in [1.29, 1.82) is 0 Å². The fourth-order valence-electron chi connectivity index (χ4n) is 5.98. The van der Waals surface area contributed by atoms with Gasteiger partial charge >= 0.3 is 12.2 Å². The van der Waals surface area contributed by atoms with E-state index in [0.29, 0.717) is 98.8 Å². The van der Waals surface area contributed by atoms with Crippen molar-refractivity contribution >= 4 is 46.9 Å². The molecule has 2 aliphatic rings. The monoisotopic (exact) mass is 875 g/mol.